The lowest BCUT2D eigenvalue weighted by Gasteiger charge is -2.35. The summed E-state index contributed by atoms with van der Waals surface area (Å²) in [6.45, 7) is 10.3. The predicted molar refractivity (Wildman–Crippen MR) is 80.5 cm³/mol. The van der Waals surface area contributed by atoms with E-state index in [1.54, 1.807) is 0 Å². The SMILES string of the molecule is [CH2]c1ccc(C#CCN(CC)N2CCCCC2)cc1. The second-order valence-corrected chi connectivity index (χ2v) is 4.99. The van der Waals surface area contributed by atoms with Gasteiger partial charge >= 0.3 is 0 Å². The number of hydrazine groups is 1. The molecule has 1 radical (unpaired) electrons. The van der Waals surface area contributed by atoms with Crippen molar-refractivity contribution in [2.45, 2.75) is 26.2 Å². The number of hydrogen-bond acceptors (Lipinski definition) is 2. The van der Waals surface area contributed by atoms with E-state index in [-0.39, 0.29) is 0 Å². The number of benzene rings is 1. The van der Waals surface area contributed by atoms with Gasteiger partial charge in [0.2, 0.25) is 0 Å². The first-order valence-corrected chi connectivity index (χ1v) is 7.20. The molecule has 0 aromatic heterocycles. The summed E-state index contributed by atoms with van der Waals surface area (Å²) in [7, 11) is 0. The monoisotopic (exact) mass is 255 g/mol. The fraction of sp³-hybridized carbons (Fsp3) is 0.471. The Morgan fingerprint density at radius 3 is 2.47 bits per heavy atom. The molecule has 2 rings (SSSR count). The van der Waals surface area contributed by atoms with Gasteiger partial charge in [0, 0.05) is 25.2 Å². The highest BCUT2D eigenvalue weighted by molar-refractivity contribution is 5.36. The van der Waals surface area contributed by atoms with E-state index in [1.807, 2.05) is 24.3 Å². The summed E-state index contributed by atoms with van der Waals surface area (Å²) in [4.78, 5) is 0. The Morgan fingerprint density at radius 1 is 1.16 bits per heavy atom. The molecule has 0 amide bonds. The average molecular weight is 255 g/mol. The lowest BCUT2D eigenvalue weighted by atomic mass is 10.1. The number of hydrogen-bond donors (Lipinski definition) is 0. The van der Waals surface area contributed by atoms with Gasteiger partial charge < -0.3 is 0 Å². The number of nitrogens with zero attached hydrogens (tertiary/aromatic N) is 2. The lowest BCUT2D eigenvalue weighted by molar-refractivity contribution is -0.0236. The minimum Gasteiger partial charge on any atom is -0.241 e. The number of piperidine rings is 1. The zero-order chi connectivity index (χ0) is 13.5. The van der Waals surface area contributed by atoms with Gasteiger partial charge in [-0.15, -0.1) is 0 Å². The maximum atomic E-state index is 3.88. The van der Waals surface area contributed by atoms with E-state index in [9.17, 15) is 0 Å². The normalized spacial score (nSPS) is 16.2. The summed E-state index contributed by atoms with van der Waals surface area (Å²) in [6.07, 6.45) is 4.00. The summed E-state index contributed by atoms with van der Waals surface area (Å²) < 4.78 is 0. The topological polar surface area (TPSA) is 6.48 Å². The van der Waals surface area contributed by atoms with E-state index >= 15 is 0 Å². The molecule has 19 heavy (non-hydrogen) atoms. The number of rotatable bonds is 3. The summed E-state index contributed by atoms with van der Waals surface area (Å²) in [5.74, 6) is 6.51. The largest absolute Gasteiger partial charge is 0.241 e. The zero-order valence-electron chi connectivity index (χ0n) is 11.9. The molecule has 0 N–H and O–H groups in total. The highest BCUT2D eigenvalue weighted by atomic mass is 15.6. The van der Waals surface area contributed by atoms with E-state index in [0.29, 0.717) is 0 Å². The molecule has 0 atom stereocenters. The van der Waals surface area contributed by atoms with Crippen LogP contribution < -0.4 is 0 Å². The van der Waals surface area contributed by atoms with Crippen molar-refractivity contribution in [2.24, 2.45) is 0 Å². The summed E-state index contributed by atoms with van der Waals surface area (Å²) in [5, 5.41) is 4.82. The van der Waals surface area contributed by atoms with Crippen LogP contribution in [0, 0.1) is 18.8 Å². The molecule has 0 unspecified atom stereocenters. The molecule has 0 aliphatic carbocycles. The first-order valence-electron chi connectivity index (χ1n) is 7.20. The summed E-state index contributed by atoms with van der Waals surface area (Å²) >= 11 is 0. The van der Waals surface area contributed by atoms with Crippen molar-refractivity contribution in [1.82, 2.24) is 10.0 Å². The van der Waals surface area contributed by atoms with Crippen molar-refractivity contribution >= 4 is 0 Å². The highest BCUT2D eigenvalue weighted by Gasteiger charge is 2.15. The van der Waals surface area contributed by atoms with Crippen molar-refractivity contribution < 1.29 is 0 Å². The van der Waals surface area contributed by atoms with Crippen LogP contribution in [0.15, 0.2) is 24.3 Å². The molecule has 0 bridgehead atoms. The first-order chi connectivity index (χ1) is 9.29. The minimum absolute atomic E-state index is 0.822. The molecule has 0 saturated carbocycles. The molecule has 1 saturated heterocycles. The third-order valence-corrected chi connectivity index (χ3v) is 3.55. The van der Waals surface area contributed by atoms with E-state index in [4.69, 9.17) is 0 Å². The van der Waals surface area contributed by atoms with Crippen molar-refractivity contribution in [3.63, 3.8) is 0 Å². The molecule has 2 heteroatoms. The Balaban J connectivity index is 1.90. The van der Waals surface area contributed by atoms with Crippen LogP contribution in [0.1, 0.15) is 37.3 Å². The Labute approximate surface area is 117 Å². The fourth-order valence-electron chi connectivity index (χ4n) is 2.39. The molecule has 0 spiro atoms. The van der Waals surface area contributed by atoms with Crippen LogP contribution in [0.4, 0.5) is 0 Å². The maximum absolute atomic E-state index is 3.88. The van der Waals surface area contributed by atoms with Crippen molar-refractivity contribution in [3.8, 4) is 11.8 Å². The quantitative estimate of drug-likeness (QED) is 0.766. The van der Waals surface area contributed by atoms with Crippen LogP contribution >= 0.6 is 0 Å². The van der Waals surface area contributed by atoms with Gasteiger partial charge in [-0.3, -0.25) is 0 Å². The summed E-state index contributed by atoms with van der Waals surface area (Å²) in [5.41, 5.74) is 2.11. The maximum Gasteiger partial charge on any atom is 0.0748 e. The average Bonchev–Trinajstić information content (AvgIpc) is 2.46. The molecule has 1 heterocycles. The minimum atomic E-state index is 0.822. The van der Waals surface area contributed by atoms with Crippen LogP contribution in [-0.4, -0.2) is 36.2 Å². The van der Waals surface area contributed by atoms with Gasteiger partial charge in [-0.2, -0.15) is 0 Å². The van der Waals surface area contributed by atoms with E-state index in [1.165, 1.54) is 32.4 Å². The third-order valence-electron chi connectivity index (χ3n) is 3.55. The standard InChI is InChI=1S/C17H23N2/c1-3-18(19-13-5-4-6-14-19)15-7-8-17-11-9-16(2)10-12-17/h9-12H,2-6,13-15H2,1H3. The Morgan fingerprint density at radius 2 is 1.84 bits per heavy atom. The van der Waals surface area contributed by atoms with E-state index in [0.717, 1.165) is 24.2 Å². The molecule has 1 aromatic rings. The Hall–Kier alpha value is -1.30. The zero-order valence-corrected chi connectivity index (χ0v) is 11.9. The van der Waals surface area contributed by atoms with E-state index in [2.05, 4.69) is 35.7 Å². The molecule has 1 aromatic carbocycles. The Kier molecular flexibility index (Phi) is 5.44. The van der Waals surface area contributed by atoms with Crippen LogP contribution in [0.2, 0.25) is 0 Å². The van der Waals surface area contributed by atoms with Gasteiger partial charge in [0.15, 0.2) is 0 Å². The van der Waals surface area contributed by atoms with Crippen molar-refractivity contribution in [1.29, 1.82) is 0 Å². The van der Waals surface area contributed by atoms with Gasteiger partial charge in [-0.05, 0) is 37.5 Å². The van der Waals surface area contributed by atoms with Gasteiger partial charge in [-0.1, -0.05) is 37.3 Å². The molecular formula is C17H23N2. The second-order valence-electron chi connectivity index (χ2n) is 4.99. The molecule has 2 nitrogen and oxygen atoms in total. The van der Waals surface area contributed by atoms with Gasteiger partial charge in [0.1, 0.15) is 0 Å². The van der Waals surface area contributed by atoms with Crippen LogP contribution in [0.25, 0.3) is 0 Å². The molecule has 1 aliphatic rings. The van der Waals surface area contributed by atoms with Gasteiger partial charge in [0.25, 0.3) is 0 Å². The van der Waals surface area contributed by atoms with Crippen molar-refractivity contribution in [3.05, 3.63) is 42.3 Å². The molecular weight excluding hydrogens is 232 g/mol. The summed E-state index contributed by atoms with van der Waals surface area (Å²) in [6, 6.07) is 8.08. The lowest BCUT2D eigenvalue weighted by Crippen LogP contribution is -2.45. The van der Waals surface area contributed by atoms with E-state index < -0.39 is 0 Å². The van der Waals surface area contributed by atoms with Crippen LogP contribution in [-0.2, 0) is 0 Å². The van der Waals surface area contributed by atoms with Gasteiger partial charge in [-0.25, -0.2) is 10.0 Å². The van der Waals surface area contributed by atoms with Crippen molar-refractivity contribution in [2.75, 3.05) is 26.2 Å². The first kappa shape index (κ1) is 14.1. The van der Waals surface area contributed by atoms with Gasteiger partial charge in [0.05, 0.1) is 6.54 Å². The molecule has 1 fully saturated rings. The molecule has 101 valence electrons. The second kappa shape index (κ2) is 7.33. The smallest absolute Gasteiger partial charge is 0.0748 e. The van der Waals surface area contributed by atoms with Crippen LogP contribution in [0.5, 0.6) is 0 Å². The molecule has 1 aliphatic heterocycles. The fourth-order valence-corrected chi connectivity index (χ4v) is 2.39. The predicted octanol–water partition coefficient (Wildman–Crippen LogP) is 2.94. The van der Waals surface area contributed by atoms with Crippen LogP contribution in [0.3, 0.4) is 0 Å². The highest BCUT2D eigenvalue weighted by Crippen LogP contribution is 2.11. The third kappa shape index (κ3) is 4.38. The Bertz CT molecular complexity index is 433.